The average Bonchev–Trinajstić information content (AvgIpc) is 3.83. The minimum absolute atomic E-state index is 0.177. The van der Waals surface area contributed by atoms with E-state index in [-0.39, 0.29) is 35.2 Å². The Balaban J connectivity index is 0.000000147. The summed E-state index contributed by atoms with van der Waals surface area (Å²) in [5, 5.41) is 5.79. The summed E-state index contributed by atoms with van der Waals surface area (Å²) in [5.74, 6) is 0.231. The number of carbonyl (C=O) groups is 4. The molecule has 0 aromatic heterocycles. The van der Waals surface area contributed by atoms with Crippen molar-refractivity contribution in [1.82, 2.24) is 30.2 Å². The van der Waals surface area contributed by atoms with Gasteiger partial charge >= 0.3 is 18.3 Å². The third-order valence-corrected chi connectivity index (χ3v) is 13.1. The van der Waals surface area contributed by atoms with Crippen LogP contribution in [0.2, 0.25) is 0 Å². The highest BCUT2D eigenvalue weighted by Crippen LogP contribution is 2.52. The lowest BCUT2D eigenvalue weighted by Crippen LogP contribution is -2.57. The van der Waals surface area contributed by atoms with Crippen molar-refractivity contribution >= 4 is 24.2 Å². The number of nitrogens with zero attached hydrogens (tertiary/aromatic N) is 4. The van der Waals surface area contributed by atoms with Crippen molar-refractivity contribution in [2.24, 2.45) is 16.2 Å². The molecule has 256 valence electrons. The summed E-state index contributed by atoms with van der Waals surface area (Å²) < 4.78 is 15.2. The highest BCUT2D eigenvalue weighted by molar-refractivity contribution is 5.79. The summed E-state index contributed by atoms with van der Waals surface area (Å²) in [4.78, 5) is 55.0. The monoisotopic (exact) mass is 644 g/mol. The fourth-order valence-electron chi connectivity index (χ4n) is 10.0. The summed E-state index contributed by atoms with van der Waals surface area (Å²) in [6, 6.07) is 1.30. The van der Waals surface area contributed by atoms with Crippen molar-refractivity contribution in [3.63, 3.8) is 0 Å². The molecule has 2 N–H and O–H groups in total. The molecular weight excluding hydrogens is 592 g/mol. The van der Waals surface area contributed by atoms with Crippen molar-refractivity contribution in [2.75, 3.05) is 79.7 Å². The van der Waals surface area contributed by atoms with Crippen molar-refractivity contribution < 1.29 is 33.4 Å². The van der Waals surface area contributed by atoms with Crippen molar-refractivity contribution in [2.45, 2.75) is 88.3 Å². The van der Waals surface area contributed by atoms with Crippen LogP contribution in [0.15, 0.2) is 0 Å². The van der Waals surface area contributed by atoms with E-state index in [4.69, 9.17) is 14.2 Å². The SMILES string of the molecule is COC(=O)N1CCC2(CC(N3CCC4(CC3)CNC(=O)C4)C2)C1.COC(=O)N1CCC2(CC(N3CCC4(CC3)CNC(=O)O4)C2)C1. The van der Waals surface area contributed by atoms with Gasteiger partial charge in [-0.25, -0.2) is 14.4 Å². The molecule has 13 heteroatoms. The van der Waals surface area contributed by atoms with Gasteiger partial charge < -0.3 is 44.4 Å². The van der Waals surface area contributed by atoms with Crippen LogP contribution >= 0.6 is 0 Å². The minimum Gasteiger partial charge on any atom is -0.453 e. The fourth-order valence-corrected chi connectivity index (χ4v) is 10.0. The molecule has 4 spiro atoms. The number of piperidine rings is 2. The third kappa shape index (κ3) is 6.02. The topological polar surface area (TPSA) is 133 Å². The molecule has 2 saturated carbocycles. The van der Waals surface area contributed by atoms with Gasteiger partial charge in [0, 0.05) is 77.2 Å². The molecular formula is C33H52N6O7. The van der Waals surface area contributed by atoms with Gasteiger partial charge in [-0.05, 0) is 80.7 Å². The second-order valence-corrected chi connectivity index (χ2v) is 15.9. The fraction of sp³-hybridized carbons (Fsp3) is 0.879. The number of likely N-dealkylation sites (tertiary alicyclic amines) is 4. The molecule has 8 fully saturated rings. The van der Waals surface area contributed by atoms with Crippen molar-refractivity contribution in [1.29, 1.82) is 0 Å². The first-order valence-corrected chi connectivity index (χ1v) is 17.4. The third-order valence-electron chi connectivity index (χ3n) is 13.1. The summed E-state index contributed by atoms with van der Waals surface area (Å²) >= 11 is 0. The van der Waals surface area contributed by atoms with E-state index in [1.165, 1.54) is 39.9 Å². The molecule has 0 unspecified atom stereocenters. The number of ether oxygens (including phenoxy) is 3. The number of alkyl carbamates (subject to hydrolysis) is 1. The minimum atomic E-state index is -0.269. The van der Waals surface area contributed by atoms with Gasteiger partial charge in [-0.1, -0.05) is 0 Å². The molecule has 46 heavy (non-hydrogen) atoms. The Labute approximate surface area is 272 Å². The Morgan fingerprint density at radius 2 is 1.15 bits per heavy atom. The van der Waals surface area contributed by atoms with Crippen LogP contribution in [-0.4, -0.2) is 141 Å². The van der Waals surface area contributed by atoms with E-state index in [0.29, 0.717) is 29.5 Å². The maximum Gasteiger partial charge on any atom is 0.409 e. The normalized spacial score (nSPS) is 36.1. The summed E-state index contributed by atoms with van der Waals surface area (Å²) in [6.07, 6.45) is 11.2. The Morgan fingerprint density at radius 3 is 1.57 bits per heavy atom. The molecule has 4 amide bonds. The van der Waals surface area contributed by atoms with E-state index >= 15 is 0 Å². The van der Waals surface area contributed by atoms with Gasteiger partial charge in [-0.15, -0.1) is 0 Å². The van der Waals surface area contributed by atoms with E-state index in [1.807, 2.05) is 9.80 Å². The lowest BCUT2D eigenvalue weighted by molar-refractivity contribution is -0.120. The maximum absolute atomic E-state index is 11.7. The Morgan fingerprint density at radius 1 is 0.674 bits per heavy atom. The number of hydrogen-bond acceptors (Lipinski definition) is 9. The first kappa shape index (κ1) is 31.8. The van der Waals surface area contributed by atoms with Crippen LogP contribution in [0.4, 0.5) is 14.4 Å². The van der Waals surface area contributed by atoms with E-state index in [2.05, 4.69) is 20.4 Å². The number of amides is 4. The van der Waals surface area contributed by atoms with Crippen LogP contribution in [0.25, 0.3) is 0 Å². The molecule has 0 bridgehead atoms. The lowest BCUT2D eigenvalue weighted by Gasteiger charge is -2.52. The van der Waals surface area contributed by atoms with Gasteiger partial charge in [0.2, 0.25) is 5.91 Å². The molecule has 0 atom stereocenters. The molecule has 13 nitrogen and oxygen atoms in total. The molecule has 0 radical (unpaired) electrons. The van der Waals surface area contributed by atoms with Gasteiger partial charge in [-0.3, -0.25) is 4.79 Å². The van der Waals surface area contributed by atoms with Crippen LogP contribution in [0.5, 0.6) is 0 Å². The van der Waals surface area contributed by atoms with E-state index in [9.17, 15) is 19.2 Å². The summed E-state index contributed by atoms with van der Waals surface area (Å²) in [5.41, 5.74) is 0.641. The second-order valence-electron chi connectivity index (χ2n) is 15.9. The van der Waals surface area contributed by atoms with Crippen molar-refractivity contribution in [3.8, 4) is 0 Å². The quantitative estimate of drug-likeness (QED) is 0.435. The maximum atomic E-state index is 11.7. The second kappa shape index (κ2) is 12.0. The summed E-state index contributed by atoms with van der Waals surface area (Å²) in [6.45, 7) is 9.15. The van der Waals surface area contributed by atoms with E-state index < -0.39 is 0 Å². The van der Waals surface area contributed by atoms with Gasteiger partial charge in [0.1, 0.15) is 5.60 Å². The van der Waals surface area contributed by atoms with Crippen LogP contribution in [0.1, 0.15) is 70.6 Å². The zero-order valence-electron chi connectivity index (χ0n) is 27.7. The molecule has 0 aromatic rings. The molecule has 6 aliphatic heterocycles. The first-order valence-electron chi connectivity index (χ1n) is 17.4. The van der Waals surface area contributed by atoms with Gasteiger partial charge in [-0.2, -0.15) is 0 Å². The zero-order valence-corrected chi connectivity index (χ0v) is 27.7. The highest BCUT2D eigenvalue weighted by atomic mass is 16.6. The largest absolute Gasteiger partial charge is 0.453 e. The van der Waals surface area contributed by atoms with Gasteiger partial charge in [0.15, 0.2) is 0 Å². The predicted molar refractivity (Wildman–Crippen MR) is 167 cm³/mol. The number of rotatable bonds is 2. The number of carbonyl (C=O) groups excluding carboxylic acids is 4. The van der Waals surface area contributed by atoms with Crippen molar-refractivity contribution in [3.05, 3.63) is 0 Å². The summed E-state index contributed by atoms with van der Waals surface area (Å²) in [7, 11) is 2.91. The Hall–Kier alpha value is -2.80. The molecule has 8 aliphatic rings. The highest BCUT2D eigenvalue weighted by Gasteiger charge is 2.54. The standard InChI is InChI=1S/C17H27N3O3.C16H25N3O4/c1-23-15(22)20-7-4-17(12-20)8-13(9-17)19-5-2-16(3-6-19)10-14(21)18-11-16;1-22-14(21)19-5-2-15(11-19)8-12(9-15)18-6-3-16(4-7-18)10-17-13(20)23-16/h13H,2-12H2,1H3,(H,18,21);12H,2-11H2,1H3,(H,17,20). The van der Waals surface area contributed by atoms with Crippen LogP contribution in [-0.2, 0) is 19.0 Å². The Bertz CT molecular complexity index is 1110. The van der Waals surface area contributed by atoms with Crippen LogP contribution in [0, 0.1) is 16.2 Å². The van der Waals surface area contributed by atoms with E-state index in [0.717, 1.165) is 104 Å². The number of hydrogen-bond donors (Lipinski definition) is 2. The zero-order chi connectivity index (χ0) is 32.2. The smallest absolute Gasteiger partial charge is 0.409 e. The van der Waals surface area contributed by atoms with Crippen LogP contribution in [0.3, 0.4) is 0 Å². The first-order chi connectivity index (χ1) is 22.1. The molecule has 6 saturated heterocycles. The molecule has 8 rings (SSSR count). The number of nitrogens with one attached hydrogen (secondary N) is 2. The average molecular weight is 645 g/mol. The molecule has 6 heterocycles. The van der Waals surface area contributed by atoms with E-state index in [1.54, 1.807) is 0 Å². The van der Waals surface area contributed by atoms with Gasteiger partial charge in [0.25, 0.3) is 0 Å². The molecule has 2 aliphatic carbocycles. The Kier molecular flexibility index (Phi) is 8.30. The molecule has 0 aromatic carbocycles. The van der Waals surface area contributed by atoms with Gasteiger partial charge in [0.05, 0.1) is 20.8 Å². The lowest BCUT2D eigenvalue weighted by atomic mass is 9.63. The van der Waals surface area contributed by atoms with Crippen LogP contribution < -0.4 is 10.6 Å². The predicted octanol–water partition coefficient (Wildman–Crippen LogP) is 2.39. The number of methoxy groups -OCH3 is 2.